The number of sulfone groups is 1. The molecule has 0 aliphatic rings. The zero-order valence-corrected chi connectivity index (χ0v) is 19.8. The standard InChI is InChI=1S/C26H21N5O3S/c1-17-6-5-9-25(28-17)31-24(21-14-15-27-22-8-4-3-7-20(21)22)16-23(30-31)26(32)29-18-10-12-19(13-11-18)35(2,33)34/h3-16H,1-2H3,(H,29,32). The first kappa shape index (κ1) is 22.4. The molecule has 3 heterocycles. The minimum absolute atomic E-state index is 0.178. The molecule has 0 aliphatic heterocycles. The van der Waals surface area contributed by atoms with Crippen LogP contribution < -0.4 is 5.32 Å². The quantitative estimate of drug-likeness (QED) is 0.396. The Morgan fingerprint density at radius 3 is 2.46 bits per heavy atom. The molecule has 0 radical (unpaired) electrons. The van der Waals surface area contributed by atoms with E-state index in [1.807, 2.05) is 55.5 Å². The molecule has 1 N–H and O–H groups in total. The van der Waals surface area contributed by atoms with Gasteiger partial charge in [-0.1, -0.05) is 24.3 Å². The van der Waals surface area contributed by atoms with E-state index in [2.05, 4.69) is 20.4 Å². The van der Waals surface area contributed by atoms with Gasteiger partial charge in [-0.05, 0) is 61.5 Å². The molecule has 0 saturated heterocycles. The van der Waals surface area contributed by atoms with Crippen LogP contribution in [0.1, 0.15) is 16.2 Å². The molecular formula is C26H21N5O3S. The second-order valence-corrected chi connectivity index (χ2v) is 10.1. The van der Waals surface area contributed by atoms with Gasteiger partial charge in [0.25, 0.3) is 5.91 Å². The third kappa shape index (κ3) is 4.53. The van der Waals surface area contributed by atoms with Crippen molar-refractivity contribution in [2.75, 3.05) is 11.6 Å². The van der Waals surface area contributed by atoms with Crippen LogP contribution in [0.4, 0.5) is 5.69 Å². The smallest absolute Gasteiger partial charge is 0.276 e. The van der Waals surface area contributed by atoms with E-state index >= 15 is 0 Å². The highest BCUT2D eigenvalue weighted by atomic mass is 32.2. The minimum atomic E-state index is -3.33. The monoisotopic (exact) mass is 483 g/mol. The second-order valence-electron chi connectivity index (χ2n) is 8.09. The SMILES string of the molecule is Cc1cccc(-n2nc(C(=O)Nc3ccc(S(C)(=O)=O)cc3)cc2-c2ccnc3ccccc23)n1. The summed E-state index contributed by atoms with van der Waals surface area (Å²) in [5.74, 6) is 0.153. The van der Waals surface area contributed by atoms with Gasteiger partial charge in [0.1, 0.15) is 0 Å². The van der Waals surface area contributed by atoms with Crippen molar-refractivity contribution in [3.05, 3.63) is 96.4 Å². The number of nitrogens with zero attached hydrogens (tertiary/aromatic N) is 4. The van der Waals surface area contributed by atoms with Crippen molar-refractivity contribution in [3.63, 3.8) is 0 Å². The first-order valence-corrected chi connectivity index (χ1v) is 12.7. The third-order valence-electron chi connectivity index (χ3n) is 5.50. The van der Waals surface area contributed by atoms with E-state index in [4.69, 9.17) is 0 Å². The van der Waals surface area contributed by atoms with Crippen molar-refractivity contribution < 1.29 is 13.2 Å². The van der Waals surface area contributed by atoms with Crippen LogP contribution in [0, 0.1) is 6.92 Å². The molecule has 0 atom stereocenters. The van der Waals surface area contributed by atoms with Crippen LogP contribution in [-0.2, 0) is 9.84 Å². The molecule has 3 aromatic heterocycles. The molecule has 2 aromatic carbocycles. The van der Waals surface area contributed by atoms with Crippen LogP contribution in [0.2, 0.25) is 0 Å². The van der Waals surface area contributed by atoms with Crippen LogP contribution in [0.5, 0.6) is 0 Å². The largest absolute Gasteiger partial charge is 0.321 e. The lowest BCUT2D eigenvalue weighted by atomic mass is 10.1. The molecule has 0 saturated carbocycles. The van der Waals surface area contributed by atoms with Crippen molar-refractivity contribution in [3.8, 4) is 17.1 Å². The maximum atomic E-state index is 13.1. The maximum Gasteiger partial charge on any atom is 0.276 e. The number of nitrogens with one attached hydrogen (secondary N) is 1. The van der Waals surface area contributed by atoms with E-state index < -0.39 is 15.7 Å². The van der Waals surface area contributed by atoms with Crippen LogP contribution in [-0.4, -0.2) is 40.3 Å². The van der Waals surface area contributed by atoms with Gasteiger partial charge in [0.15, 0.2) is 21.3 Å². The van der Waals surface area contributed by atoms with Crippen LogP contribution in [0.3, 0.4) is 0 Å². The number of carbonyl (C=O) groups excluding carboxylic acids is 1. The Bertz CT molecular complexity index is 1670. The van der Waals surface area contributed by atoms with Gasteiger partial charge in [-0.25, -0.2) is 18.1 Å². The van der Waals surface area contributed by atoms with Crippen molar-refractivity contribution in [2.24, 2.45) is 0 Å². The summed E-state index contributed by atoms with van der Waals surface area (Å²) in [6, 6.07) is 23.0. The number of pyridine rings is 2. The highest BCUT2D eigenvalue weighted by Crippen LogP contribution is 2.30. The van der Waals surface area contributed by atoms with E-state index in [-0.39, 0.29) is 10.6 Å². The summed E-state index contributed by atoms with van der Waals surface area (Å²) in [7, 11) is -3.33. The lowest BCUT2D eigenvalue weighted by Crippen LogP contribution is -2.13. The number of fused-ring (bicyclic) bond motifs is 1. The zero-order chi connectivity index (χ0) is 24.6. The fraction of sp³-hybridized carbons (Fsp3) is 0.0769. The van der Waals surface area contributed by atoms with Gasteiger partial charge >= 0.3 is 0 Å². The van der Waals surface area contributed by atoms with Gasteiger partial charge in [0.05, 0.1) is 16.1 Å². The molecular weight excluding hydrogens is 462 g/mol. The van der Waals surface area contributed by atoms with Crippen molar-refractivity contribution in [1.82, 2.24) is 19.7 Å². The fourth-order valence-electron chi connectivity index (χ4n) is 3.80. The number of para-hydroxylation sites is 1. The summed E-state index contributed by atoms with van der Waals surface area (Å²) in [5, 5.41) is 8.29. The van der Waals surface area contributed by atoms with Gasteiger partial charge < -0.3 is 5.32 Å². The Kier molecular flexibility index (Phi) is 5.62. The van der Waals surface area contributed by atoms with Gasteiger partial charge in [-0.3, -0.25) is 9.78 Å². The fourth-order valence-corrected chi connectivity index (χ4v) is 4.44. The molecule has 35 heavy (non-hydrogen) atoms. The number of benzene rings is 2. The summed E-state index contributed by atoms with van der Waals surface area (Å²) in [6.45, 7) is 1.89. The first-order valence-electron chi connectivity index (χ1n) is 10.8. The molecule has 0 fully saturated rings. The Morgan fingerprint density at radius 1 is 0.943 bits per heavy atom. The summed E-state index contributed by atoms with van der Waals surface area (Å²) < 4.78 is 25.1. The van der Waals surface area contributed by atoms with Gasteiger partial charge in [0.2, 0.25) is 0 Å². The van der Waals surface area contributed by atoms with Gasteiger partial charge in [-0.2, -0.15) is 5.10 Å². The average Bonchev–Trinajstić information content (AvgIpc) is 3.29. The van der Waals surface area contributed by atoms with Gasteiger partial charge in [0, 0.05) is 34.8 Å². The molecule has 1 amide bonds. The summed E-state index contributed by atoms with van der Waals surface area (Å²) >= 11 is 0. The maximum absolute atomic E-state index is 13.1. The Labute approximate surface area is 202 Å². The number of hydrogen-bond donors (Lipinski definition) is 1. The number of amides is 1. The van der Waals surface area contributed by atoms with E-state index in [1.165, 1.54) is 12.1 Å². The van der Waals surface area contributed by atoms with E-state index in [1.54, 1.807) is 29.1 Å². The Balaban J connectivity index is 1.58. The van der Waals surface area contributed by atoms with E-state index in [0.717, 1.165) is 28.4 Å². The normalized spacial score (nSPS) is 11.5. The molecule has 5 aromatic rings. The number of aromatic nitrogens is 4. The molecule has 174 valence electrons. The first-order chi connectivity index (χ1) is 16.8. The highest BCUT2D eigenvalue weighted by Gasteiger charge is 2.19. The molecule has 0 bridgehead atoms. The molecule has 0 aliphatic carbocycles. The van der Waals surface area contributed by atoms with Crippen molar-refractivity contribution >= 4 is 32.3 Å². The highest BCUT2D eigenvalue weighted by molar-refractivity contribution is 7.90. The van der Waals surface area contributed by atoms with Gasteiger partial charge in [-0.15, -0.1) is 0 Å². The Hall–Kier alpha value is -4.37. The summed E-state index contributed by atoms with van der Waals surface area (Å²) in [4.78, 5) is 22.3. The lowest BCUT2D eigenvalue weighted by molar-refractivity contribution is 0.102. The zero-order valence-electron chi connectivity index (χ0n) is 19.0. The summed E-state index contributed by atoms with van der Waals surface area (Å²) in [5.41, 5.74) is 3.85. The number of aryl methyl sites for hydroxylation is 1. The lowest BCUT2D eigenvalue weighted by Gasteiger charge is -2.09. The second kappa shape index (κ2) is 8.77. The topological polar surface area (TPSA) is 107 Å². The summed E-state index contributed by atoms with van der Waals surface area (Å²) in [6.07, 6.45) is 2.86. The molecule has 0 unspecified atom stereocenters. The minimum Gasteiger partial charge on any atom is -0.321 e. The van der Waals surface area contributed by atoms with Crippen LogP contribution in [0.25, 0.3) is 28.0 Å². The molecule has 0 spiro atoms. The van der Waals surface area contributed by atoms with Crippen molar-refractivity contribution in [1.29, 1.82) is 0 Å². The van der Waals surface area contributed by atoms with E-state index in [9.17, 15) is 13.2 Å². The van der Waals surface area contributed by atoms with E-state index in [0.29, 0.717) is 17.2 Å². The predicted octanol–water partition coefficient (Wildman–Crippen LogP) is 4.45. The number of carbonyl (C=O) groups is 1. The van der Waals surface area contributed by atoms with Crippen LogP contribution in [0.15, 0.2) is 90.0 Å². The van der Waals surface area contributed by atoms with Crippen LogP contribution >= 0.6 is 0 Å². The Morgan fingerprint density at radius 2 is 1.71 bits per heavy atom. The van der Waals surface area contributed by atoms with Crippen molar-refractivity contribution in [2.45, 2.75) is 11.8 Å². The molecule has 8 nitrogen and oxygen atoms in total. The average molecular weight is 484 g/mol. The number of anilines is 1. The number of rotatable bonds is 5. The predicted molar refractivity (Wildman–Crippen MR) is 134 cm³/mol. The third-order valence-corrected chi connectivity index (χ3v) is 6.63. The molecule has 9 heteroatoms. The number of hydrogen-bond acceptors (Lipinski definition) is 6. The molecule has 5 rings (SSSR count).